The highest BCUT2D eigenvalue weighted by Crippen LogP contribution is 2.30. The zero-order valence-corrected chi connectivity index (χ0v) is 15.4. The number of piperidine rings is 1. The summed E-state index contributed by atoms with van der Waals surface area (Å²) in [5.41, 5.74) is 2.28. The van der Waals surface area contributed by atoms with E-state index in [-0.39, 0.29) is 5.91 Å². The number of likely N-dealkylation sites (tertiary alicyclic amines) is 1. The van der Waals surface area contributed by atoms with Crippen LogP contribution in [0.25, 0.3) is 0 Å². The molecule has 3 rings (SSSR count). The molecule has 0 radical (unpaired) electrons. The normalized spacial score (nSPS) is 25.1. The fraction of sp³-hybridized carbons (Fsp3) is 0.737. The molecule has 1 aliphatic heterocycles. The predicted octanol–water partition coefficient (Wildman–Crippen LogP) is 4.01. The fourth-order valence-electron chi connectivity index (χ4n) is 4.16. The van der Waals surface area contributed by atoms with Crippen LogP contribution in [-0.2, 0) is 12.8 Å². The van der Waals surface area contributed by atoms with Gasteiger partial charge in [-0.3, -0.25) is 9.69 Å². The number of hydrogen-bond donors (Lipinski definition) is 1. The molecular formula is C19H30N2OS. The van der Waals surface area contributed by atoms with Gasteiger partial charge in [-0.2, -0.15) is 0 Å². The standard InChI is InChI=1S/C19H30N2OS/c1-14-7-5-8-15(2)21(14)12-6-11-20-19(22)17-13-23-18-10-4-3-9-16(17)18/h13-15H,3-12H2,1-2H3,(H,20,22)/t14-,15+. The van der Waals surface area contributed by atoms with Gasteiger partial charge in [-0.05, 0) is 64.4 Å². The zero-order valence-electron chi connectivity index (χ0n) is 14.6. The zero-order chi connectivity index (χ0) is 16.2. The first kappa shape index (κ1) is 17.0. The molecule has 2 atom stereocenters. The van der Waals surface area contributed by atoms with Crippen LogP contribution in [0, 0.1) is 0 Å². The lowest BCUT2D eigenvalue weighted by Crippen LogP contribution is -2.44. The summed E-state index contributed by atoms with van der Waals surface area (Å²) in [5.74, 6) is 0.143. The Kier molecular flexibility index (Phi) is 5.76. The highest BCUT2D eigenvalue weighted by atomic mass is 32.1. The van der Waals surface area contributed by atoms with Gasteiger partial charge in [0.15, 0.2) is 0 Å². The first-order valence-electron chi connectivity index (χ1n) is 9.30. The Bertz CT molecular complexity index is 529. The molecule has 1 aromatic heterocycles. The Balaban J connectivity index is 1.45. The average molecular weight is 335 g/mol. The molecule has 0 unspecified atom stereocenters. The highest BCUT2D eigenvalue weighted by Gasteiger charge is 2.24. The summed E-state index contributed by atoms with van der Waals surface area (Å²) in [6, 6.07) is 1.39. The van der Waals surface area contributed by atoms with E-state index in [2.05, 4.69) is 29.4 Å². The van der Waals surface area contributed by atoms with Crippen LogP contribution < -0.4 is 5.32 Å². The van der Waals surface area contributed by atoms with Gasteiger partial charge in [-0.25, -0.2) is 0 Å². The van der Waals surface area contributed by atoms with Gasteiger partial charge in [-0.1, -0.05) is 6.42 Å². The molecule has 1 saturated heterocycles. The molecule has 3 nitrogen and oxygen atoms in total. The number of hydrogen-bond acceptors (Lipinski definition) is 3. The molecule has 4 heteroatoms. The first-order chi connectivity index (χ1) is 11.2. The number of aryl methyl sites for hydroxylation is 1. The van der Waals surface area contributed by atoms with E-state index < -0.39 is 0 Å². The number of rotatable bonds is 5. The Morgan fingerprint density at radius 2 is 1.96 bits per heavy atom. The van der Waals surface area contributed by atoms with Crippen LogP contribution in [0.2, 0.25) is 0 Å². The van der Waals surface area contributed by atoms with Crippen LogP contribution in [-0.4, -0.2) is 36.0 Å². The van der Waals surface area contributed by atoms with Crippen molar-refractivity contribution in [3.63, 3.8) is 0 Å². The van der Waals surface area contributed by atoms with Gasteiger partial charge in [0.2, 0.25) is 0 Å². The topological polar surface area (TPSA) is 32.3 Å². The minimum Gasteiger partial charge on any atom is -0.352 e. The fourth-order valence-corrected chi connectivity index (χ4v) is 5.28. The molecule has 0 bridgehead atoms. The lowest BCUT2D eigenvalue weighted by atomic mass is 9.95. The molecule has 0 saturated carbocycles. The SMILES string of the molecule is C[C@@H]1CCC[C@H](C)N1CCCNC(=O)c1csc2c1CCCC2. The monoisotopic (exact) mass is 334 g/mol. The van der Waals surface area contributed by atoms with Crippen molar-refractivity contribution in [3.05, 3.63) is 21.4 Å². The average Bonchev–Trinajstić information content (AvgIpc) is 2.97. The molecule has 1 amide bonds. The smallest absolute Gasteiger partial charge is 0.252 e. The maximum Gasteiger partial charge on any atom is 0.252 e. The van der Waals surface area contributed by atoms with E-state index in [0.29, 0.717) is 12.1 Å². The van der Waals surface area contributed by atoms with E-state index in [4.69, 9.17) is 0 Å². The molecule has 2 aliphatic rings. The van der Waals surface area contributed by atoms with Crippen molar-refractivity contribution >= 4 is 17.2 Å². The minimum absolute atomic E-state index is 0.143. The van der Waals surface area contributed by atoms with Crippen LogP contribution in [0.4, 0.5) is 0 Å². The van der Waals surface area contributed by atoms with Crippen LogP contribution in [0.5, 0.6) is 0 Å². The second kappa shape index (κ2) is 7.80. The van der Waals surface area contributed by atoms with Gasteiger partial charge in [0.1, 0.15) is 0 Å². The van der Waals surface area contributed by atoms with Crippen LogP contribution in [0.1, 0.15) is 73.2 Å². The molecular weight excluding hydrogens is 304 g/mol. The maximum absolute atomic E-state index is 12.4. The van der Waals surface area contributed by atoms with Crippen molar-refractivity contribution in [2.45, 2.75) is 77.3 Å². The summed E-state index contributed by atoms with van der Waals surface area (Å²) in [4.78, 5) is 16.5. The Hall–Kier alpha value is -0.870. The van der Waals surface area contributed by atoms with Gasteiger partial charge in [0.25, 0.3) is 5.91 Å². The van der Waals surface area contributed by atoms with Gasteiger partial charge in [0.05, 0.1) is 5.56 Å². The quantitative estimate of drug-likeness (QED) is 0.825. The second-order valence-corrected chi connectivity index (χ2v) is 8.20. The Morgan fingerprint density at radius 3 is 2.74 bits per heavy atom. The van der Waals surface area contributed by atoms with Crippen molar-refractivity contribution in [1.29, 1.82) is 0 Å². The molecule has 1 aromatic rings. The van der Waals surface area contributed by atoms with E-state index in [1.165, 1.54) is 42.5 Å². The van der Waals surface area contributed by atoms with Crippen LogP contribution in [0.15, 0.2) is 5.38 Å². The van der Waals surface area contributed by atoms with Gasteiger partial charge in [0, 0.05) is 35.4 Å². The molecule has 2 heterocycles. The second-order valence-electron chi connectivity index (χ2n) is 7.23. The number of carbonyl (C=O) groups excluding carboxylic acids is 1. The summed E-state index contributed by atoms with van der Waals surface area (Å²) in [5, 5.41) is 5.22. The number of thiophene rings is 1. The van der Waals surface area contributed by atoms with Crippen LogP contribution >= 0.6 is 11.3 Å². The molecule has 0 aromatic carbocycles. The lowest BCUT2D eigenvalue weighted by Gasteiger charge is -2.39. The van der Waals surface area contributed by atoms with Gasteiger partial charge in [-0.15, -0.1) is 11.3 Å². The van der Waals surface area contributed by atoms with Crippen molar-refractivity contribution in [3.8, 4) is 0 Å². The summed E-state index contributed by atoms with van der Waals surface area (Å²) in [6.45, 7) is 6.57. The number of nitrogens with one attached hydrogen (secondary N) is 1. The van der Waals surface area contributed by atoms with E-state index in [0.717, 1.165) is 37.9 Å². The number of carbonyl (C=O) groups is 1. The van der Waals surface area contributed by atoms with E-state index in [1.807, 2.05) is 0 Å². The van der Waals surface area contributed by atoms with Crippen molar-refractivity contribution in [2.75, 3.05) is 13.1 Å². The molecule has 0 spiro atoms. The third-order valence-electron chi connectivity index (χ3n) is 5.56. The van der Waals surface area contributed by atoms with E-state index in [1.54, 1.807) is 11.3 Å². The molecule has 1 fully saturated rings. The Morgan fingerprint density at radius 1 is 1.22 bits per heavy atom. The van der Waals surface area contributed by atoms with E-state index in [9.17, 15) is 4.79 Å². The number of amides is 1. The predicted molar refractivity (Wildman–Crippen MR) is 97.4 cm³/mol. The Labute approximate surface area is 144 Å². The van der Waals surface area contributed by atoms with Crippen molar-refractivity contribution < 1.29 is 4.79 Å². The van der Waals surface area contributed by atoms with Crippen molar-refractivity contribution in [2.24, 2.45) is 0 Å². The van der Waals surface area contributed by atoms with Gasteiger partial charge < -0.3 is 5.32 Å². The van der Waals surface area contributed by atoms with Gasteiger partial charge >= 0.3 is 0 Å². The third kappa shape index (κ3) is 3.97. The van der Waals surface area contributed by atoms with E-state index >= 15 is 0 Å². The maximum atomic E-state index is 12.4. The summed E-state index contributed by atoms with van der Waals surface area (Å²) in [7, 11) is 0. The molecule has 1 aliphatic carbocycles. The first-order valence-corrected chi connectivity index (χ1v) is 10.2. The molecule has 1 N–H and O–H groups in total. The number of fused-ring (bicyclic) bond motifs is 1. The summed E-state index contributed by atoms with van der Waals surface area (Å²) >= 11 is 1.77. The highest BCUT2D eigenvalue weighted by molar-refractivity contribution is 7.10. The summed E-state index contributed by atoms with van der Waals surface area (Å²) < 4.78 is 0. The molecule has 128 valence electrons. The van der Waals surface area contributed by atoms with Crippen LogP contribution in [0.3, 0.4) is 0 Å². The lowest BCUT2D eigenvalue weighted by molar-refractivity contribution is 0.0925. The minimum atomic E-state index is 0.143. The van der Waals surface area contributed by atoms with Crippen molar-refractivity contribution in [1.82, 2.24) is 10.2 Å². The largest absolute Gasteiger partial charge is 0.352 e. The third-order valence-corrected chi connectivity index (χ3v) is 6.65. The summed E-state index contributed by atoms with van der Waals surface area (Å²) in [6.07, 6.45) is 9.80. The molecule has 23 heavy (non-hydrogen) atoms. The number of nitrogens with zero attached hydrogens (tertiary/aromatic N) is 1.